The topological polar surface area (TPSA) is 80.9 Å². The summed E-state index contributed by atoms with van der Waals surface area (Å²) in [5.74, 6) is 0.274. The van der Waals surface area contributed by atoms with Gasteiger partial charge in [0.1, 0.15) is 0 Å². The van der Waals surface area contributed by atoms with Crippen LogP contribution in [-0.4, -0.2) is 21.9 Å². The van der Waals surface area contributed by atoms with Crippen molar-refractivity contribution in [3.63, 3.8) is 0 Å². The van der Waals surface area contributed by atoms with E-state index < -0.39 is 6.04 Å². The Kier molecular flexibility index (Phi) is 5.03. The molecule has 0 bridgehead atoms. The number of carbonyl (C=O) groups is 1. The second-order valence-electron chi connectivity index (χ2n) is 4.60. The van der Waals surface area contributed by atoms with E-state index in [9.17, 15) is 4.79 Å². The smallest absolute Gasteiger partial charge is 0.237 e. The third-order valence-electron chi connectivity index (χ3n) is 2.34. The van der Waals surface area contributed by atoms with E-state index in [4.69, 9.17) is 5.73 Å². The normalized spacial score (nSPS) is 12.5. The summed E-state index contributed by atoms with van der Waals surface area (Å²) in [6.45, 7) is 6.32. The molecule has 0 spiro atoms. The van der Waals surface area contributed by atoms with E-state index in [-0.39, 0.29) is 5.91 Å². The van der Waals surface area contributed by atoms with Crippen LogP contribution >= 0.6 is 0 Å². The van der Waals surface area contributed by atoms with Gasteiger partial charge in [0, 0.05) is 6.20 Å². The molecule has 0 aliphatic rings. The summed E-state index contributed by atoms with van der Waals surface area (Å²) >= 11 is 0. The first kappa shape index (κ1) is 13.6. The fourth-order valence-electron chi connectivity index (χ4n) is 1.43. The van der Waals surface area contributed by atoms with E-state index in [2.05, 4.69) is 15.3 Å². The highest BCUT2D eigenvalue weighted by molar-refractivity contribution is 5.81. The number of nitrogens with two attached hydrogens (primary N) is 1. The minimum Gasteiger partial charge on any atom is -0.349 e. The van der Waals surface area contributed by atoms with Crippen LogP contribution in [0.2, 0.25) is 0 Å². The van der Waals surface area contributed by atoms with Gasteiger partial charge in [0.2, 0.25) is 5.91 Å². The van der Waals surface area contributed by atoms with Gasteiger partial charge in [0.15, 0.2) is 0 Å². The highest BCUT2D eigenvalue weighted by atomic mass is 16.2. The molecule has 1 heterocycles. The summed E-state index contributed by atoms with van der Waals surface area (Å²) in [6.07, 6.45) is 4.02. The molecule has 0 aliphatic carbocycles. The molecule has 5 nitrogen and oxygen atoms in total. The number of rotatable bonds is 5. The van der Waals surface area contributed by atoms with Crippen molar-refractivity contribution in [2.24, 2.45) is 11.7 Å². The molecule has 1 atom stereocenters. The number of aromatic nitrogens is 2. The molecule has 0 saturated heterocycles. The number of hydrogen-bond donors (Lipinski definition) is 2. The van der Waals surface area contributed by atoms with Gasteiger partial charge in [0.25, 0.3) is 0 Å². The Labute approximate surface area is 102 Å². The Morgan fingerprint density at radius 3 is 2.65 bits per heavy atom. The Hall–Kier alpha value is -1.49. The Morgan fingerprint density at radius 1 is 1.41 bits per heavy atom. The average molecular weight is 236 g/mol. The molecule has 0 aromatic carbocycles. The van der Waals surface area contributed by atoms with Crippen LogP contribution in [0, 0.1) is 12.8 Å². The van der Waals surface area contributed by atoms with Gasteiger partial charge in [-0.1, -0.05) is 13.8 Å². The minimum atomic E-state index is -0.451. The lowest BCUT2D eigenvalue weighted by Gasteiger charge is -2.13. The molecule has 0 aliphatic heterocycles. The maximum atomic E-state index is 11.6. The first-order valence-electron chi connectivity index (χ1n) is 5.80. The van der Waals surface area contributed by atoms with Gasteiger partial charge in [-0.15, -0.1) is 0 Å². The minimum absolute atomic E-state index is 0.138. The Morgan fingerprint density at radius 2 is 2.12 bits per heavy atom. The molecule has 1 amide bonds. The maximum absolute atomic E-state index is 11.6. The van der Waals surface area contributed by atoms with E-state index >= 15 is 0 Å². The van der Waals surface area contributed by atoms with Crippen LogP contribution in [-0.2, 0) is 11.3 Å². The fourth-order valence-corrected chi connectivity index (χ4v) is 1.43. The average Bonchev–Trinajstić information content (AvgIpc) is 2.27. The van der Waals surface area contributed by atoms with Gasteiger partial charge >= 0.3 is 0 Å². The second kappa shape index (κ2) is 6.30. The largest absolute Gasteiger partial charge is 0.349 e. The summed E-state index contributed by atoms with van der Waals surface area (Å²) in [6, 6.07) is -0.451. The summed E-state index contributed by atoms with van der Waals surface area (Å²) in [4.78, 5) is 19.9. The molecule has 0 fully saturated rings. The zero-order valence-electron chi connectivity index (χ0n) is 10.6. The van der Waals surface area contributed by atoms with Gasteiger partial charge in [-0.25, -0.2) is 0 Å². The third kappa shape index (κ3) is 4.91. The first-order chi connectivity index (χ1) is 7.99. The standard InChI is InChI=1S/C12H20N4O/c1-8(2)4-11(13)12(17)16-7-10-6-14-9(3)5-15-10/h5-6,8,11H,4,7,13H2,1-3H3,(H,16,17). The molecule has 17 heavy (non-hydrogen) atoms. The van der Waals surface area contributed by atoms with Crippen LogP contribution in [0.25, 0.3) is 0 Å². The molecule has 0 saturated carbocycles. The van der Waals surface area contributed by atoms with Crippen LogP contribution in [0.1, 0.15) is 31.7 Å². The first-order valence-corrected chi connectivity index (χ1v) is 5.80. The van der Waals surface area contributed by atoms with Gasteiger partial charge in [-0.3, -0.25) is 14.8 Å². The molecule has 5 heteroatoms. The third-order valence-corrected chi connectivity index (χ3v) is 2.34. The van der Waals surface area contributed by atoms with Gasteiger partial charge in [-0.2, -0.15) is 0 Å². The molecule has 1 aromatic rings. The van der Waals surface area contributed by atoms with Crippen molar-refractivity contribution in [1.82, 2.24) is 15.3 Å². The predicted molar refractivity (Wildman–Crippen MR) is 66.0 cm³/mol. The van der Waals surface area contributed by atoms with Crippen LogP contribution < -0.4 is 11.1 Å². The van der Waals surface area contributed by atoms with Crippen molar-refractivity contribution in [1.29, 1.82) is 0 Å². The zero-order chi connectivity index (χ0) is 12.8. The molecule has 0 radical (unpaired) electrons. The van der Waals surface area contributed by atoms with Gasteiger partial charge in [-0.05, 0) is 19.3 Å². The lowest BCUT2D eigenvalue weighted by Crippen LogP contribution is -2.41. The van der Waals surface area contributed by atoms with Crippen molar-refractivity contribution in [3.8, 4) is 0 Å². The van der Waals surface area contributed by atoms with Crippen LogP contribution in [0.5, 0.6) is 0 Å². The van der Waals surface area contributed by atoms with Crippen molar-refractivity contribution in [2.75, 3.05) is 0 Å². The lowest BCUT2D eigenvalue weighted by molar-refractivity contribution is -0.122. The van der Waals surface area contributed by atoms with Crippen LogP contribution in [0.4, 0.5) is 0 Å². The number of aryl methyl sites for hydroxylation is 1. The highest BCUT2D eigenvalue weighted by Gasteiger charge is 2.14. The predicted octanol–water partition coefficient (Wildman–Crippen LogP) is 0.775. The molecule has 1 unspecified atom stereocenters. The summed E-state index contributed by atoms with van der Waals surface area (Å²) < 4.78 is 0. The molecule has 1 rings (SSSR count). The van der Waals surface area contributed by atoms with E-state index in [0.29, 0.717) is 18.9 Å². The van der Waals surface area contributed by atoms with Gasteiger partial charge < -0.3 is 11.1 Å². The molecule has 1 aromatic heterocycles. The second-order valence-corrected chi connectivity index (χ2v) is 4.60. The summed E-state index contributed by atoms with van der Waals surface area (Å²) in [7, 11) is 0. The summed E-state index contributed by atoms with van der Waals surface area (Å²) in [5, 5.41) is 2.76. The highest BCUT2D eigenvalue weighted by Crippen LogP contribution is 2.02. The van der Waals surface area contributed by atoms with Crippen molar-refractivity contribution < 1.29 is 4.79 Å². The number of nitrogens with zero attached hydrogens (tertiary/aromatic N) is 2. The number of amides is 1. The monoisotopic (exact) mass is 236 g/mol. The van der Waals surface area contributed by atoms with Crippen LogP contribution in [0.3, 0.4) is 0 Å². The molecule has 3 N–H and O–H groups in total. The quantitative estimate of drug-likeness (QED) is 0.791. The van der Waals surface area contributed by atoms with E-state index in [1.165, 1.54) is 0 Å². The summed E-state index contributed by atoms with van der Waals surface area (Å²) in [5.41, 5.74) is 7.35. The van der Waals surface area contributed by atoms with E-state index in [0.717, 1.165) is 11.4 Å². The zero-order valence-corrected chi connectivity index (χ0v) is 10.6. The molecular formula is C12H20N4O. The Bertz CT molecular complexity index is 361. The number of nitrogens with one attached hydrogen (secondary N) is 1. The van der Waals surface area contributed by atoms with Crippen molar-refractivity contribution >= 4 is 5.91 Å². The van der Waals surface area contributed by atoms with Gasteiger partial charge in [0.05, 0.1) is 30.2 Å². The van der Waals surface area contributed by atoms with E-state index in [1.54, 1.807) is 12.4 Å². The SMILES string of the molecule is Cc1cnc(CNC(=O)C(N)CC(C)C)cn1. The lowest BCUT2D eigenvalue weighted by atomic mass is 10.0. The van der Waals surface area contributed by atoms with Crippen molar-refractivity contribution in [3.05, 3.63) is 23.8 Å². The Balaban J connectivity index is 2.40. The van der Waals surface area contributed by atoms with E-state index in [1.807, 2.05) is 20.8 Å². The van der Waals surface area contributed by atoms with Crippen LogP contribution in [0.15, 0.2) is 12.4 Å². The molecular weight excluding hydrogens is 216 g/mol. The number of carbonyl (C=O) groups excluding carboxylic acids is 1. The van der Waals surface area contributed by atoms with Crippen molar-refractivity contribution in [2.45, 2.75) is 39.8 Å². The fraction of sp³-hybridized carbons (Fsp3) is 0.583. The maximum Gasteiger partial charge on any atom is 0.237 e. The number of hydrogen-bond acceptors (Lipinski definition) is 4. The molecule has 94 valence electrons.